The van der Waals surface area contributed by atoms with Gasteiger partial charge in [-0.1, -0.05) is 35.9 Å². The number of nitrogens with zero attached hydrogens (tertiary/aromatic N) is 1. The molecule has 1 spiro atoms. The first-order valence-corrected chi connectivity index (χ1v) is 20.0. The molecule has 9 nitrogen and oxygen atoms in total. The summed E-state index contributed by atoms with van der Waals surface area (Å²) in [7, 11) is -4.26. The van der Waals surface area contributed by atoms with Crippen molar-refractivity contribution < 1.29 is 32.2 Å². The van der Waals surface area contributed by atoms with Crippen molar-refractivity contribution in [1.29, 1.82) is 0 Å². The minimum Gasteiger partial charge on any atom is -0.490 e. The third-order valence-corrected chi connectivity index (χ3v) is 12.6. The molecule has 1 heterocycles. The Bertz CT molecular complexity index is 1780. The van der Waals surface area contributed by atoms with E-state index in [1.165, 1.54) is 37.1 Å². The maximum absolute atomic E-state index is 13.7. The summed E-state index contributed by atoms with van der Waals surface area (Å²) >= 11 is 6.46. The van der Waals surface area contributed by atoms with E-state index in [0.717, 1.165) is 32.1 Å². The van der Waals surface area contributed by atoms with Crippen LogP contribution in [0.25, 0.3) is 0 Å². The van der Waals surface area contributed by atoms with Gasteiger partial charge in [-0.3, -0.25) is 4.79 Å². The van der Waals surface area contributed by atoms with E-state index in [0.29, 0.717) is 49.4 Å². The number of fused-ring (bicyclic) bond motifs is 3. The number of halogens is 1. The molecule has 5 rings (SSSR count). The Balaban J connectivity index is 1.49. The van der Waals surface area contributed by atoms with E-state index in [-0.39, 0.29) is 28.8 Å². The molecule has 1 amide bonds. The van der Waals surface area contributed by atoms with Crippen LogP contribution in [0.15, 0.2) is 79.3 Å². The van der Waals surface area contributed by atoms with Crippen molar-refractivity contribution in [3.8, 4) is 5.75 Å². The molecule has 1 N–H and O–H groups in total. The predicted octanol–water partition coefficient (Wildman–Crippen LogP) is 7.57. The summed E-state index contributed by atoms with van der Waals surface area (Å²) in [6.07, 6.45) is 9.92. The van der Waals surface area contributed by atoms with Crippen LogP contribution in [0.1, 0.15) is 71.4 Å². The summed E-state index contributed by atoms with van der Waals surface area (Å²) in [5.74, 6) is 0.218. The van der Waals surface area contributed by atoms with Gasteiger partial charge >= 0.3 is 0 Å². The second kappa shape index (κ2) is 15.7. The van der Waals surface area contributed by atoms with Gasteiger partial charge < -0.3 is 23.8 Å². The average Bonchev–Trinajstić information content (AvgIpc) is 3.24. The van der Waals surface area contributed by atoms with Gasteiger partial charge in [0.1, 0.15) is 11.4 Å². The first-order valence-electron chi connectivity index (χ1n) is 18.1. The largest absolute Gasteiger partial charge is 0.490 e. The number of aryl methyl sites for hydroxylation is 1. The number of nitrogens with one attached hydrogen (secondary N) is 1. The number of hydrogen-bond acceptors (Lipinski definition) is 8. The molecular weight excluding hydrogens is 700 g/mol. The normalized spacial score (nSPS) is 22.8. The number of benzene rings is 2. The van der Waals surface area contributed by atoms with Crippen molar-refractivity contribution in [3.63, 3.8) is 0 Å². The topological polar surface area (TPSA) is 103 Å². The van der Waals surface area contributed by atoms with E-state index in [1.807, 2.05) is 26.0 Å². The molecular formula is C41H55ClN2O7S. The van der Waals surface area contributed by atoms with Crippen molar-refractivity contribution in [2.24, 2.45) is 11.8 Å². The molecule has 4 atom stereocenters. The van der Waals surface area contributed by atoms with Crippen LogP contribution in [-0.4, -0.2) is 70.6 Å². The second-order valence-electron chi connectivity index (χ2n) is 15.8. The molecule has 3 aliphatic rings. The maximum Gasteiger partial charge on any atom is 0.265 e. The van der Waals surface area contributed by atoms with E-state index in [1.54, 1.807) is 18.2 Å². The fraction of sp³-hybridized carbons (Fsp3) is 0.537. The molecule has 0 aromatic heterocycles. The van der Waals surface area contributed by atoms with Crippen LogP contribution in [0.5, 0.6) is 5.75 Å². The van der Waals surface area contributed by atoms with E-state index in [9.17, 15) is 13.2 Å². The number of amides is 1. The summed E-state index contributed by atoms with van der Waals surface area (Å²) < 4.78 is 54.4. The monoisotopic (exact) mass is 754 g/mol. The molecule has 52 heavy (non-hydrogen) atoms. The van der Waals surface area contributed by atoms with Gasteiger partial charge in [-0.05, 0) is 120 Å². The molecule has 11 heteroatoms. The van der Waals surface area contributed by atoms with Crippen LogP contribution in [-0.2, 0) is 40.9 Å². The molecule has 1 unspecified atom stereocenters. The van der Waals surface area contributed by atoms with Gasteiger partial charge in [0.2, 0.25) is 0 Å². The quantitative estimate of drug-likeness (QED) is 0.175. The minimum atomic E-state index is -4.26. The Morgan fingerprint density at radius 2 is 1.77 bits per heavy atom. The van der Waals surface area contributed by atoms with Crippen molar-refractivity contribution in [1.82, 2.24) is 4.72 Å². The molecule has 284 valence electrons. The predicted molar refractivity (Wildman–Crippen MR) is 207 cm³/mol. The zero-order valence-electron chi connectivity index (χ0n) is 31.3. The van der Waals surface area contributed by atoms with Gasteiger partial charge in [0, 0.05) is 23.5 Å². The number of ether oxygens (including phenoxy) is 4. The molecule has 1 fully saturated rings. The number of rotatable bonds is 16. The van der Waals surface area contributed by atoms with Crippen molar-refractivity contribution in [3.05, 3.63) is 90.5 Å². The zero-order valence-corrected chi connectivity index (χ0v) is 32.9. The highest BCUT2D eigenvalue weighted by Gasteiger charge is 2.48. The van der Waals surface area contributed by atoms with Crippen LogP contribution < -0.4 is 14.4 Å². The number of carbonyl (C=O) groups is 1. The van der Waals surface area contributed by atoms with E-state index in [2.05, 4.69) is 48.4 Å². The molecule has 2 aromatic rings. The van der Waals surface area contributed by atoms with Crippen LogP contribution in [0.2, 0.25) is 5.02 Å². The van der Waals surface area contributed by atoms with Gasteiger partial charge in [-0.2, -0.15) is 0 Å². The lowest BCUT2D eigenvalue weighted by atomic mass is 9.64. The van der Waals surface area contributed by atoms with Gasteiger partial charge in [0.05, 0.1) is 48.2 Å². The average molecular weight is 755 g/mol. The standard InChI is InChI=1S/C41H55ClN2O7S/c1-9-21-49-38(4,5)27-51-40(8,11-3)33-17-14-30(33)25-44-26-41(20-12-13-29-23-31(42)15-18-34(29)41)28-48-36-19-16-32(24-35(36)44)52(46,47)43-37(45)39(6,7)50-22-10-2/h9-11,15-16,18-19,23-24,30,33H,1-3,12-14,17,20-22,25-28H2,4-8H3,(H,43,45)/t30-,33+,40?,41-/m0/s1. The van der Waals surface area contributed by atoms with Crippen molar-refractivity contribution in [2.75, 3.05) is 44.4 Å². The fourth-order valence-corrected chi connectivity index (χ4v) is 9.01. The SMILES string of the molecule is C=CCOC(C)(C)COC(C)(C=C)[C@@H]1CC[C@H]1CN1C[C@@]2(CCCc3cc(Cl)ccc32)COc2ccc(S(=O)(=O)NC(=O)C(C)(C)OCC=C)cc21. The zero-order chi connectivity index (χ0) is 38.0. The van der Waals surface area contributed by atoms with Crippen LogP contribution in [0.4, 0.5) is 5.69 Å². The van der Waals surface area contributed by atoms with Crippen molar-refractivity contribution in [2.45, 2.75) is 93.8 Å². The maximum atomic E-state index is 13.7. The van der Waals surface area contributed by atoms with E-state index >= 15 is 0 Å². The fourth-order valence-electron chi connectivity index (χ4n) is 7.70. The highest BCUT2D eigenvalue weighted by atomic mass is 35.5. The Kier molecular flexibility index (Phi) is 12.1. The third-order valence-electron chi connectivity index (χ3n) is 11.0. The molecule has 0 bridgehead atoms. The summed E-state index contributed by atoms with van der Waals surface area (Å²) in [6, 6.07) is 10.9. The lowest BCUT2D eigenvalue weighted by molar-refractivity contribution is -0.142. The third kappa shape index (κ3) is 8.63. The van der Waals surface area contributed by atoms with Gasteiger partial charge in [0.25, 0.3) is 15.9 Å². The lowest BCUT2D eigenvalue weighted by Gasteiger charge is -2.50. The first-order chi connectivity index (χ1) is 24.5. The lowest BCUT2D eigenvalue weighted by Crippen LogP contribution is -2.53. The molecule has 0 radical (unpaired) electrons. The highest BCUT2D eigenvalue weighted by molar-refractivity contribution is 7.90. The van der Waals surface area contributed by atoms with Gasteiger partial charge in [-0.15, -0.1) is 19.7 Å². The highest BCUT2D eigenvalue weighted by Crippen LogP contribution is 2.49. The Morgan fingerprint density at radius 1 is 1.04 bits per heavy atom. The second-order valence-corrected chi connectivity index (χ2v) is 17.9. The van der Waals surface area contributed by atoms with Crippen LogP contribution in [0, 0.1) is 11.8 Å². The Hall–Kier alpha value is -3.15. The van der Waals surface area contributed by atoms with E-state index in [4.69, 9.17) is 30.5 Å². The van der Waals surface area contributed by atoms with Crippen LogP contribution in [0.3, 0.4) is 0 Å². The minimum absolute atomic E-state index is 0.0364. The Labute approximate surface area is 315 Å². The van der Waals surface area contributed by atoms with Crippen LogP contribution >= 0.6 is 11.6 Å². The molecule has 1 aliphatic heterocycles. The first kappa shape index (κ1) is 40.0. The Morgan fingerprint density at radius 3 is 2.44 bits per heavy atom. The van der Waals surface area contributed by atoms with Crippen molar-refractivity contribution >= 4 is 33.2 Å². The molecule has 0 saturated heterocycles. The number of hydrogen-bond donors (Lipinski definition) is 1. The summed E-state index contributed by atoms with van der Waals surface area (Å²) in [5, 5.41) is 0.708. The number of carbonyl (C=O) groups excluding carboxylic acids is 1. The summed E-state index contributed by atoms with van der Waals surface area (Å²) in [4.78, 5) is 15.4. The van der Waals surface area contributed by atoms with Gasteiger partial charge in [-0.25, -0.2) is 13.1 Å². The van der Waals surface area contributed by atoms with E-state index < -0.39 is 32.7 Å². The smallest absolute Gasteiger partial charge is 0.265 e. The summed E-state index contributed by atoms with van der Waals surface area (Å²) in [5.41, 5.74) is 0.252. The number of sulfonamides is 1. The number of anilines is 1. The molecule has 1 saturated carbocycles. The van der Waals surface area contributed by atoms with Gasteiger partial charge in [0.15, 0.2) is 0 Å². The summed E-state index contributed by atoms with van der Waals surface area (Å²) in [6.45, 7) is 23.3. The molecule has 2 aliphatic carbocycles. The molecule has 2 aromatic carbocycles.